The topological polar surface area (TPSA) is 38.3 Å². The zero-order chi connectivity index (χ0) is 14.7. The van der Waals surface area contributed by atoms with Gasteiger partial charge >= 0.3 is 0 Å². The second kappa shape index (κ2) is 5.64. The summed E-state index contributed by atoms with van der Waals surface area (Å²) in [7, 11) is 1.61. The van der Waals surface area contributed by atoms with Crippen molar-refractivity contribution in [3.05, 3.63) is 29.8 Å². The quantitative estimate of drug-likeness (QED) is 0.900. The summed E-state index contributed by atoms with van der Waals surface area (Å²) in [5.74, 6) is 0.711. The molecular formula is C16H25NO2. The molecule has 0 bridgehead atoms. The molecule has 0 saturated carbocycles. The van der Waals surface area contributed by atoms with E-state index in [0.717, 1.165) is 12.2 Å². The van der Waals surface area contributed by atoms with E-state index in [9.17, 15) is 4.79 Å². The molecule has 1 amide bonds. The highest BCUT2D eigenvalue weighted by atomic mass is 16.5. The Labute approximate surface area is 116 Å². The van der Waals surface area contributed by atoms with Crippen molar-refractivity contribution in [2.45, 2.75) is 46.6 Å². The summed E-state index contributed by atoms with van der Waals surface area (Å²) in [6, 6.07) is 7.15. The number of rotatable bonds is 4. The molecule has 1 aromatic rings. The highest BCUT2D eigenvalue weighted by Crippen LogP contribution is 2.27. The monoisotopic (exact) mass is 263 g/mol. The van der Waals surface area contributed by atoms with E-state index < -0.39 is 0 Å². The maximum atomic E-state index is 12.2. The molecule has 1 rings (SSSR count). The molecule has 19 heavy (non-hydrogen) atoms. The number of amides is 1. The van der Waals surface area contributed by atoms with Gasteiger partial charge in [0, 0.05) is 11.1 Å². The molecule has 0 atom stereocenters. The van der Waals surface area contributed by atoms with Crippen molar-refractivity contribution in [2.75, 3.05) is 7.11 Å². The van der Waals surface area contributed by atoms with E-state index in [4.69, 9.17) is 4.74 Å². The number of carbonyl (C=O) groups excluding carboxylic acids is 1. The lowest BCUT2D eigenvalue weighted by Gasteiger charge is -2.33. The van der Waals surface area contributed by atoms with Crippen molar-refractivity contribution in [2.24, 2.45) is 5.41 Å². The largest absolute Gasteiger partial charge is 0.497 e. The van der Waals surface area contributed by atoms with Gasteiger partial charge in [0.1, 0.15) is 5.75 Å². The summed E-state index contributed by atoms with van der Waals surface area (Å²) in [6.07, 6.45) is 0.919. The molecule has 0 aliphatic heterocycles. The van der Waals surface area contributed by atoms with E-state index in [1.807, 2.05) is 0 Å². The van der Waals surface area contributed by atoms with Crippen molar-refractivity contribution >= 4 is 5.91 Å². The number of hydrogen-bond donors (Lipinski definition) is 1. The summed E-state index contributed by atoms with van der Waals surface area (Å²) in [5.41, 5.74) is 0.606. The van der Waals surface area contributed by atoms with Gasteiger partial charge in [-0.3, -0.25) is 4.79 Å². The SMILES string of the molecule is COc1ccc(C(=O)NC(C)(C)CC(C)(C)C)cc1. The highest BCUT2D eigenvalue weighted by molar-refractivity contribution is 5.94. The Morgan fingerprint density at radius 3 is 2.05 bits per heavy atom. The maximum Gasteiger partial charge on any atom is 0.251 e. The third-order valence-corrected chi connectivity index (χ3v) is 2.78. The van der Waals surface area contributed by atoms with Crippen LogP contribution in [0.1, 0.15) is 51.4 Å². The molecule has 0 aromatic heterocycles. The van der Waals surface area contributed by atoms with Crippen molar-refractivity contribution in [1.29, 1.82) is 0 Å². The lowest BCUT2D eigenvalue weighted by Crippen LogP contribution is -2.45. The van der Waals surface area contributed by atoms with Crippen LogP contribution in [0.25, 0.3) is 0 Å². The molecule has 3 heteroatoms. The first-order valence-corrected chi connectivity index (χ1v) is 6.59. The fourth-order valence-electron chi connectivity index (χ4n) is 2.49. The van der Waals surface area contributed by atoms with E-state index in [-0.39, 0.29) is 16.9 Å². The molecule has 0 aliphatic carbocycles. The number of benzene rings is 1. The van der Waals surface area contributed by atoms with E-state index in [1.165, 1.54) is 0 Å². The van der Waals surface area contributed by atoms with Crippen LogP contribution in [-0.4, -0.2) is 18.6 Å². The van der Waals surface area contributed by atoms with Gasteiger partial charge < -0.3 is 10.1 Å². The summed E-state index contributed by atoms with van der Waals surface area (Å²) < 4.78 is 5.08. The molecule has 106 valence electrons. The molecule has 1 aromatic carbocycles. The van der Waals surface area contributed by atoms with Crippen LogP contribution < -0.4 is 10.1 Å². The lowest BCUT2D eigenvalue weighted by molar-refractivity contribution is 0.0891. The second-order valence-corrected chi connectivity index (χ2v) is 6.80. The average Bonchev–Trinajstić information content (AvgIpc) is 2.25. The van der Waals surface area contributed by atoms with Crippen molar-refractivity contribution in [3.8, 4) is 5.75 Å². The fraction of sp³-hybridized carbons (Fsp3) is 0.562. The standard InChI is InChI=1S/C16H25NO2/c1-15(2,3)11-16(4,5)17-14(18)12-7-9-13(19-6)10-8-12/h7-10H,11H2,1-6H3,(H,17,18). The van der Waals surface area contributed by atoms with Gasteiger partial charge in [-0.2, -0.15) is 0 Å². The first-order valence-electron chi connectivity index (χ1n) is 6.59. The van der Waals surface area contributed by atoms with Gasteiger partial charge in [-0.15, -0.1) is 0 Å². The minimum absolute atomic E-state index is 0.0445. The summed E-state index contributed by atoms with van der Waals surface area (Å²) in [6.45, 7) is 10.6. The van der Waals surface area contributed by atoms with Crippen LogP contribution in [0.15, 0.2) is 24.3 Å². The van der Waals surface area contributed by atoms with Gasteiger partial charge in [0.2, 0.25) is 0 Å². The van der Waals surface area contributed by atoms with Crippen LogP contribution >= 0.6 is 0 Å². The Kier molecular flexibility index (Phi) is 4.61. The van der Waals surface area contributed by atoms with E-state index >= 15 is 0 Å². The third kappa shape index (κ3) is 5.33. The average molecular weight is 263 g/mol. The van der Waals surface area contributed by atoms with Crippen LogP contribution in [0.2, 0.25) is 0 Å². The highest BCUT2D eigenvalue weighted by Gasteiger charge is 2.27. The summed E-state index contributed by atoms with van der Waals surface area (Å²) in [4.78, 5) is 12.2. The molecule has 0 fully saturated rings. The van der Waals surface area contributed by atoms with Gasteiger partial charge in [-0.05, 0) is 49.9 Å². The van der Waals surface area contributed by atoms with Gasteiger partial charge in [0.25, 0.3) is 5.91 Å². The molecule has 0 spiro atoms. The van der Waals surface area contributed by atoms with Crippen LogP contribution in [-0.2, 0) is 0 Å². The Morgan fingerprint density at radius 1 is 1.11 bits per heavy atom. The fourth-order valence-corrected chi connectivity index (χ4v) is 2.49. The third-order valence-electron chi connectivity index (χ3n) is 2.78. The van der Waals surface area contributed by atoms with E-state index in [0.29, 0.717) is 5.56 Å². The first-order chi connectivity index (χ1) is 8.63. The Balaban J connectivity index is 2.72. The molecular weight excluding hydrogens is 238 g/mol. The van der Waals surface area contributed by atoms with Gasteiger partial charge in [-0.25, -0.2) is 0 Å². The first kappa shape index (κ1) is 15.5. The molecule has 0 unspecified atom stereocenters. The Hall–Kier alpha value is -1.51. The minimum atomic E-state index is -0.227. The Morgan fingerprint density at radius 2 is 1.63 bits per heavy atom. The van der Waals surface area contributed by atoms with Crippen LogP contribution in [0.3, 0.4) is 0 Å². The van der Waals surface area contributed by atoms with Crippen molar-refractivity contribution in [3.63, 3.8) is 0 Å². The van der Waals surface area contributed by atoms with Gasteiger partial charge in [-0.1, -0.05) is 20.8 Å². The second-order valence-electron chi connectivity index (χ2n) is 6.80. The van der Waals surface area contributed by atoms with Crippen molar-refractivity contribution < 1.29 is 9.53 Å². The number of hydrogen-bond acceptors (Lipinski definition) is 2. The summed E-state index contributed by atoms with van der Waals surface area (Å²) >= 11 is 0. The molecule has 0 heterocycles. The maximum absolute atomic E-state index is 12.2. The molecule has 1 N–H and O–H groups in total. The van der Waals surface area contributed by atoms with E-state index in [1.54, 1.807) is 31.4 Å². The molecule has 3 nitrogen and oxygen atoms in total. The number of nitrogens with one attached hydrogen (secondary N) is 1. The smallest absolute Gasteiger partial charge is 0.251 e. The van der Waals surface area contributed by atoms with Crippen LogP contribution in [0.5, 0.6) is 5.75 Å². The lowest BCUT2D eigenvalue weighted by atomic mass is 9.81. The van der Waals surface area contributed by atoms with Gasteiger partial charge in [0.05, 0.1) is 7.11 Å². The number of methoxy groups -OCH3 is 1. The number of carbonyl (C=O) groups is 1. The number of ether oxygens (including phenoxy) is 1. The van der Waals surface area contributed by atoms with Crippen LogP contribution in [0.4, 0.5) is 0 Å². The van der Waals surface area contributed by atoms with Crippen molar-refractivity contribution in [1.82, 2.24) is 5.32 Å². The normalized spacial score (nSPS) is 12.1. The van der Waals surface area contributed by atoms with Gasteiger partial charge in [0.15, 0.2) is 0 Å². The zero-order valence-corrected chi connectivity index (χ0v) is 12.8. The Bertz CT molecular complexity index is 427. The minimum Gasteiger partial charge on any atom is -0.497 e. The van der Waals surface area contributed by atoms with Crippen LogP contribution in [0, 0.1) is 5.41 Å². The molecule has 0 radical (unpaired) electrons. The van der Waals surface area contributed by atoms with E-state index in [2.05, 4.69) is 39.9 Å². The summed E-state index contributed by atoms with van der Waals surface area (Å²) in [5, 5.41) is 3.09. The molecule has 0 saturated heterocycles. The predicted octanol–water partition coefficient (Wildman–Crippen LogP) is 3.64. The predicted molar refractivity (Wildman–Crippen MR) is 78.6 cm³/mol. The zero-order valence-electron chi connectivity index (χ0n) is 12.8. The molecule has 0 aliphatic rings.